The summed E-state index contributed by atoms with van der Waals surface area (Å²) in [7, 11) is 0. The van der Waals surface area contributed by atoms with Gasteiger partial charge in [0.1, 0.15) is 5.82 Å². The molecule has 0 aromatic carbocycles. The van der Waals surface area contributed by atoms with Crippen molar-refractivity contribution in [1.82, 2.24) is 14.8 Å². The molecule has 0 amide bonds. The molecule has 2 saturated carbocycles. The van der Waals surface area contributed by atoms with Gasteiger partial charge in [-0.1, -0.05) is 30.7 Å². The molecule has 1 aromatic rings. The first-order valence-corrected chi connectivity index (χ1v) is 8.06. The molecule has 2 fully saturated rings. The summed E-state index contributed by atoms with van der Waals surface area (Å²) in [5.74, 6) is 1.70. The minimum Gasteiger partial charge on any atom is -0.392 e. The van der Waals surface area contributed by atoms with Crippen LogP contribution in [-0.4, -0.2) is 31.2 Å². The van der Waals surface area contributed by atoms with Crippen molar-refractivity contribution in [1.29, 1.82) is 0 Å². The Bertz CT molecular complexity index is 456. The molecule has 0 bridgehead atoms. The first-order valence-electron chi connectivity index (χ1n) is 7.18. The highest BCUT2D eigenvalue weighted by molar-refractivity contribution is 7.99. The van der Waals surface area contributed by atoms with Crippen molar-refractivity contribution in [3.63, 3.8) is 0 Å². The van der Waals surface area contributed by atoms with Gasteiger partial charge >= 0.3 is 0 Å². The maximum Gasteiger partial charge on any atom is 0.191 e. The maximum atomic E-state index is 10.1. The number of nitrogens with zero attached hydrogens (tertiary/aromatic N) is 3. The van der Waals surface area contributed by atoms with Gasteiger partial charge in [0.15, 0.2) is 5.16 Å². The second-order valence-corrected chi connectivity index (χ2v) is 6.73. The first kappa shape index (κ1) is 13.2. The van der Waals surface area contributed by atoms with Crippen LogP contribution in [0.2, 0.25) is 0 Å². The van der Waals surface area contributed by atoms with Gasteiger partial charge in [-0.2, -0.15) is 0 Å². The summed E-state index contributed by atoms with van der Waals surface area (Å²) in [5, 5.41) is 20.0. The van der Waals surface area contributed by atoms with E-state index < -0.39 is 0 Å². The fourth-order valence-corrected chi connectivity index (χ4v) is 3.91. The van der Waals surface area contributed by atoms with Crippen LogP contribution in [0.3, 0.4) is 0 Å². The van der Waals surface area contributed by atoms with E-state index in [1.165, 1.54) is 19.3 Å². The molecule has 0 aliphatic heterocycles. The second-order valence-electron chi connectivity index (χ2n) is 5.52. The monoisotopic (exact) mass is 279 g/mol. The predicted molar refractivity (Wildman–Crippen MR) is 76.3 cm³/mol. The molecule has 2 atom stereocenters. The highest BCUT2D eigenvalue weighted by Crippen LogP contribution is 2.41. The molecule has 0 saturated heterocycles. The fourth-order valence-electron chi connectivity index (χ4n) is 2.68. The molecule has 2 unspecified atom stereocenters. The number of thioether (sulfide) groups is 1. The van der Waals surface area contributed by atoms with Crippen LogP contribution >= 0.6 is 11.8 Å². The molecule has 3 rings (SSSR count). The van der Waals surface area contributed by atoms with Crippen molar-refractivity contribution in [3.8, 4) is 0 Å². The van der Waals surface area contributed by atoms with Crippen molar-refractivity contribution in [2.24, 2.45) is 0 Å². The zero-order chi connectivity index (χ0) is 13.2. The van der Waals surface area contributed by atoms with E-state index in [1.54, 1.807) is 11.8 Å². The molecular weight excluding hydrogens is 258 g/mol. The van der Waals surface area contributed by atoms with Crippen LogP contribution in [0.1, 0.15) is 50.3 Å². The fraction of sp³-hybridized carbons (Fsp3) is 0.714. The molecule has 1 N–H and O–H groups in total. The Balaban J connectivity index is 1.77. The van der Waals surface area contributed by atoms with Crippen LogP contribution < -0.4 is 0 Å². The lowest BCUT2D eigenvalue weighted by atomic mass is 9.97. The molecule has 1 heterocycles. The van der Waals surface area contributed by atoms with Gasteiger partial charge in [-0.15, -0.1) is 16.8 Å². The SMILES string of the molecule is C=CCn1c(SC2CCCCC2O)nnc1C1CC1. The van der Waals surface area contributed by atoms with Crippen molar-refractivity contribution in [2.45, 2.75) is 67.5 Å². The van der Waals surface area contributed by atoms with Crippen LogP contribution in [0.5, 0.6) is 0 Å². The molecule has 2 aliphatic carbocycles. The highest BCUT2D eigenvalue weighted by Gasteiger charge is 2.32. The Morgan fingerprint density at radius 1 is 1.26 bits per heavy atom. The molecule has 19 heavy (non-hydrogen) atoms. The third-order valence-corrected chi connectivity index (χ3v) is 5.29. The largest absolute Gasteiger partial charge is 0.392 e. The van der Waals surface area contributed by atoms with Crippen molar-refractivity contribution >= 4 is 11.8 Å². The topological polar surface area (TPSA) is 50.9 Å². The normalized spacial score (nSPS) is 27.4. The molecule has 0 radical (unpaired) electrons. The molecule has 104 valence electrons. The Morgan fingerprint density at radius 3 is 2.74 bits per heavy atom. The average molecular weight is 279 g/mol. The molecule has 1 aromatic heterocycles. The summed E-state index contributed by atoms with van der Waals surface area (Å²) < 4.78 is 2.18. The van der Waals surface area contributed by atoms with Gasteiger partial charge in [0.05, 0.1) is 6.10 Å². The third kappa shape index (κ3) is 2.87. The Hall–Kier alpha value is -0.810. The summed E-state index contributed by atoms with van der Waals surface area (Å²) in [6, 6.07) is 0. The summed E-state index contributed by atoms with van der Waals surface area (Å²) in [5.41, 5.74) is 0. The van der Waals surface area contributed by atoms with E-state index in [-0.39, 0.29) is 11.4 Å². The minimum atomic E-state index is -0.197. The lowest BCUT2D eigenvalue weighted by Gasteiger charge is -2.26. The summed E-state index contributed by atoms with van der Waals surface area (Å²) in [6.45, 7) is 4.59. The Morgan fingerprint density at radius 2 is 2.05 bits per heavy atom. The Labute approximate surface area is 118 Å². The van der Waals surface area contributed by atoms with Gasteiger partial charge in [-0.3, -0.25) is 0 Å². The van der Waals surface area contributed by atoms with E-state index in [1.807, 2.05) is 6.08 Å². The average Bonchev–Trinajstić information content (AvgIpc) is 3.18. The molecule has 2 aliphatic rings. The van der Waals surface area contributed by atoms with E-state index in [2.05, 4.69) is 21.3 Å². The maximum absolute atomic E-state index is 10.1. The number of rotatable bonds is 5. The molecular formula is C14H21N3OS. The second kappa shape index (κ2) is 5.67. The smallest absolute Gasteiger partial charge is 0.191 e. The van der Waals surface area contributed by atoms with Crippen LogP contribution in [0.4, 0.5) is 0 Å². The molecule has 0 spiro atoms. The number of aromatic nitrogens is 3. The van der Waals surface area contributed by atoms with Crippen LogP contribution in [0.25, 0.3) is 0 Å². The van der Waals surface area contributed by atoms with Gasteiger partial charge in [0, 0.05) is 17.7 Å². The van der Waals surface area contributed by atoms with Crippen LogP contribution in [0, 0.1) is 0 Å². The lowest BCUT2D eigenvalue weighted by molar-refractivity contribution is 0.137. The Kier molecular flexibility index (Phi) is 3.93. The van der Waals surface area contributed by atoms with Crippen LogP contribution in [0.15, 0.2) is 17.8 Å². The molecule has 4 nitrogen and oxygen atoms in total. The molecule has 5 heteroatoms. The first-order chi connectivity index (χ1) is 9.29. The summed E-state index contributed by atoms with van der Waals surface area (Å²) in [6.07, 6.45) is 8.50. The predicted octanol–water partition coefficient (Wildman–Crippen LogP) is 2.74. The quantitative estimate of drug-likeness (QED) is 0.842. The summed E-state index contributed by atoms with van der Waals surface area (Å²) >= 11 is 1.70. The van der Waals surface area contributed by atoms with E-state index in [4.69, 9.17) is 0 Å². The van der Waals surface area contributed by atoms with E-state index >= 15 is 0 Å². The van der Waals surface area contributed by atoms with Gasteiger partial charge in [0.2, 0.25) is 0 Å². The minimum absolute atomic E-state index is 0.197. The van der Waals surface area contributed by atoms with Crippen LogP contribution in [-0.2, 0) is 6.54 Å². The van der Waals surface area contributed by atoms with Gasteiger partial charge in [-0.25, -0.2) is 0 Å². The van der Waals surface area contributed by atoms with Gasteiger partial charge in [-0.05, 0) is 25.7 Å². The number of allylic oxidation sites excluding steroid dienone is 1. The number of hydrogen-bond donors (Lipinski definition) is 1. The van der Waals surface area contributed by atoms with Crippen molar-refractivity contribution < 1.29 is 5.11 Å². The zero-order valence-electron chi connectivity index (χ0n) is 11.2. The van der Waals surface area contributed by atoms with E-state index in [9.17, 15) is 5.11 Å². The van der Waals surface area contributed by atoms with E-state index in [0.29, 0.717) is 5.92 Å². The highest BCUT2D eigenvalue weighted by atomic mass is 32.2. The standard InChI is InChI=1S/C14H21N3OS/c1-2-9-17-13(10-7-8-10)15-16-14(17)19-12-6-4-3-5-11(12)18/h2,10-12,18H,1,3-9H2. The van der Waals surface area contributed by atoms with Gasteiger partial charge in [0.25, 0.3) is 0 Å². The van der Waals surface area contributed by atoms with Crippen molar-refractivity contribution in [2.75, 3.05) is 0 Å². The number of aliphatic hydroxyl groups is 1. The number of aliphatic hydroxyl groups excluding tert-OH is 1. The van der Waals surface area contributed by atoms with Gasteiger partial charge < -0.3 is 9.67 Å². The zero-order valence-corrected chi connectivity index (χ0v) is 12.0. The third-order valence-electron chi connectivity index (χ3n) is 3.92. The number of hydrogen-bond acceptors (Lipinski definition) is 4. The van der Waals surface area contributed by atoms with E-state index in [0.717, 1.165) is 36.8 Å². The van der Waals surface area contributed by atoms with Crippen molar-refractivity contribution in [3.05, 3.63) is 18.5 Å². The lowest BCUT2D eigenvalue weighted by Crippen LogP contribution is -2.27. The summed E-state index contributed by atoms with van der Waals surface area (Å²) in [4.78, 5) is 0.